The highest BCUT2D eigenvalue weighted by atomic mass is 35.5. The molecule has 35 heavy (non-hydrogen) atoms. The first-order chi connectivity index (χ1) is 16.9. The lowest BCUT2D eigenvalue weighted by atomic mass is 10.2. The molecule has 10 heteroatoms. The minimum absolute atomic E-state index is 0.322. The minimum Gasteiger partial charge on any atom is -0.497 e. The van der Waals surface area contributed by atoms with Gasteiger partial charge in [-0.05, 0) is 48.0 Å². The lowest BCUT2D eigenvalue weighted by molar-refractivity contribution is -0.136. The van der Waals surface area contributed by atoms with Crippen LogP contribution in [-0.4, -0.2) is 31.1 Å². The van der Waals surface area contributed by atoms with Gasteiger partial charge in [-0.3, -0.25) is 9.59 Å². The lowest BCUT2D eigenvalue weighted by Gasteiger charge is -2.06. The number of hydrogen-bond acceptors (Lipinski definition) is 7. The van der Waals surface area contributed by atoms with Crippen LogP contribution in [0.1, 0.15) is 15.2 Å². The third kappa shape index (κ3) is 5.84. The Hall–Kier alpha value is -4.21. The molecule has 0 aliphatic rings. The largest absolute Gasteiger partial charge is 0.497 e. The molecule has 0 bridgehead atoms. The fraction of sp³-hybridized carbons (Fsp3) is 0.0400. The summed E-state index contributed by atoms with van der Waals surface area (Å²) in [6.07, 6.45) is 1.35. The van der Waals surface area contributed by atoms with E-state index < -0.39 is 17.8 Å². The first-order valence-corrected chi connectivity index (χ1v) is 11.4. The Bertz CT molecular complexity index is 1430. The van der Waals surface area contributed by atoms with Gasteiger partial charge in [0, 0.05) is 21.8 Å². The van der Waals surface area contributed by atoms with Gasteiger partial charge in [-0.2, -0.15) is 5.10 Å². The van der Waals surface area contributed by atoms with Crippen molar-refractivity contribution in [2.45, 2.75) is 0 Å². The van der Waals surface area contributed by atoms with Crippen LogP contribution in [-0.2, 0) is 9.59 Å². The molecule has 4 rings (SSSR count). The molecule has 1 heterocycles. The van der Waals surface area contributed by atoms with Gasteiger partial charge in [0.15, 0.2) is 0 Å². The van der Waals surface area contributed by atoms with Gasteiger partial charge in [0.25, 0.3) is 0 Å². The number of fused-ring (bicyclic) bond motifs is 1. The third-order valence-corrected chi connectivity index (χ3v) is 6.38. The van der Waals surface area contributed by atoms with Crippen LogP contribution < -0.4 is 20.2 Å². The van der Waals surface area contributed by atoms with E-state index in [0.29, 0.717) is 32.6 Å². The van der Waals surface area contributed by atoms with Crippen molar-refractivity contribution in [3.8, 4) is 11.5 Å². The summed E-state index contributed by atoms with van der Waals surface area (Å²) >= 11 is 7.60. The molecule has 176 valence electrons. The van der Waals surface area contributed by atoms with Crippen molar-refractivity contribution >= 4 is 62.7 Å². The molecule has 0 fully saturated rings. The fourth-order valence-corrected chi connectivity index (χ4v) is 4.41. The maximum atomic E-state index is 12.6. The summed E-state index contributed by atoms with van der Waals surface area (Å²) in [5.41, 5.74) is 3.18. The number of carbonyl (C=O) groups is 3. The van der Waals surface area contributed by atoms with E-state index in [1.54, 1.807) is 48.5 Å². The second-order valence-electron chi connectivity index (χ2n) is 7.09. The van der Waals surface area contributed by atoms with Crippen LogP contribution >= 0.6 is 22.9 Å². The number of nitrogens with zero attached hydrogens (tertiary/aromatic N) is 1. The van der Waals surface area contributed by atoms with Crippen molar-refractivity contribution in [2.24, 2.45) is 5.10 Å². The highest BCUT2D eigenvalue weighted by Crippen LogP contribution is 2.35. The summed E-state index contributed by atoms with van der Waals surface area (Å²) in [5, 5.41) is 7.40. The molecular weight excluding hydrogens is 490 g/mol. The van der Waals surface area contributed by atoms with Gasteiger partial charge in [0.05, 0.1) is 18.3 Å². The first-order valence-electron chi connectivity index (χ1n) is 10.2. The number of ether oxygens (including phenoxy) is 2. The Morgan fingerprint density at radius 2 is 1.71 bits per heavy atom. The molecule has 0 saturated carbocycles. The Morgan fingerprint density at radius 3 is 2.46 bits per heavy atom. The average Bonchev–Trinajstić information content (AvgIpc) is 3.21. The van der Waals surface area contributed by atoms with E-state index in [1.807, 2.05) is 24.3 Å². The second-order valence-corrected chi connectivity index (χ2v) is 8.52. The zero-order chi connectivity index (χ0) is 24.8. The summed E-state index contributed by atoms with van der Waals surface area (Å²) in [7, 11) is 1.50. The molecule has 1 aromatic heterocycles. The summed E-state index contributed by atoms with van der Waals surface area (Å²) in [5.74, 6) is -1.50. The standard InChI is InChI=1S/C25H18ClN3O5S/c1-33-18-6-4-5-16(13-18)28-23(30)24(31)29-27-14-15-9-11-17(12-10-15)34-25(32)22-21(26)19-7-2-3-8-20(19)35-22/h2-14H,1H3,(H,28,30)(H,29,31)/b27-14-. The topological polar surface area (TPSA) is 106 Å². The third-order valence-electron chi connectivity index (χ3n) is 4.72. The number of carbonyl (C=O) groups excluding carboxylic acids is 3. The van der Waals surface area contributed by atoms with Crippen molar-refractivity contribution in [2.75, 3.05) is 12.4 Å². The fourth-order valence-electron chi connectivity index (χ4n) is 3.03. The van der Waals surface area contributed by atoms with Crippen molar-refractivity contribution in [1.29, 1.82) is 0 Å². The monoisotopic (exact) mass is 507 g/mol. The maximum absolute atomic E-state index is 12.6. The molecular formula is C25H18ClN3O5S. The summed E-state index contributed by atoms with van der Waals surface area (Å²) in [6.45, 7) is 0. The van der Waals surface area contributed by atoms with Crippen LogP contribution in [0.3, 0.4) is 0 Å². The van der Waals surface area contributed by atoms with Crippen LogP contribution in [0.5, 0.6) is 11.5 Å². The van der Waals surface area contributed by atoms with Crippen molar-refractivity contribution in [1.82, 2.24) is 5.43 Å². The minimum atomic E-state index is -0.935. The number of hydrazone groups is 1. The number of esters is 1. The SMILES string of the molecule is COc1cccc(NC(=O)C(=O)N/N=C\c2ccc(OC(=O)c3sc4ccccc4c3Cl)cc2)c1. The molecule has 0 atom stereocenters. The van der Waals surface area contributed by atoms with E-state index in [2.05, 4.69) is 15.8 Å². The molecule has 3 aromatic carbocycles. The number of amides is 2. The molecule has 0 saturated heterocycles. The Labute approximate surface area is 209 Å². The predicted molar refractivity (Wildman–Crippen MR) is 136 cm³/mol. The van der Waals surface area contributed by atoms with Crippen molar-refractivity contribution in [3.63, 3.8) is 0 Å². The van der Waals surface area contributed by atoms with Gasteiger partial charge in [-0.15, -0.1) is 11.3 Å². The van der Waals surface area contributed by atoms with Crippen molar-refractivity contribution in [3.05, 3.63) is 88.3 Å². The number of benzene rings is 3. The summed E-state index contributed by atoms with van der Waals surface area (Å²) in [4.78, 5) is 36.8. The number of nitrogens with one attached hydrogen (secondary N) is 2. The number of rotatable bonds is 6. The molecule has 0 spiro atoms. The summed E-state index contributed by atoms with van der Waals surface area (Å²) in [6, 6.07) is 20.5. The molecule has 0 aliphatic heterocycles. The number of anilines is 1. The zero-order valence-corrected chi connectivity index (χ0v) is 19.9. The molecule has 2 N–H and O–H groups in total. The van der Waals surface area contributed by atoms with Gasteiger partial charge in [-0.25, -0.2) is 10.2 Å². The Morgan fingerprint density at radius 1 is 0.943 bits per heavy atom. The average molecular weight is 508 g/mol. The van der Waals surface area contributed by atoms with Gasteiger partial charge in [0.1, 0.15) is 16.4 Å². The first kappa shape index (κ1) is 23.9. The molecule has 4 aromatic rings. The van der Waals surface area contributed by atoms with E-state index >= 15 is 0 Å². The Balaban J connectivity index is 1.31. The van der Waals surface area contributed by atoms with E-state index in [-0.39, 0.29) is 0 Å². The van der Waals surface area contributed by atoms with E-state index in [0.717, 1.165) is 10.1 Å². The highest BCUT2D eigenvalue weighted by Gasteiger charge is 2.19. The summed E-state index contributed by atoms with van der Waals surface area (Å²) < 4.78 is 11.4. The molecule has 0 radical (unpaired) electrons. The van der Waals surface area contributed by atoms with Crippen LogP contribution in [0, 0.1) is 0 Å². The van der Waals surface area contributed by atoms with Gasteiger partial charge in [-0.1, -0.05) is 35.9 Å². The quantitative estimate of drug-likeness (QED) is 0.127. The number of halogens is 1. The molecule has 0 aliphatic carbocycles. The predicted octanol–water partition coefficient (Wildman–Crippen LogP) is 4.87. The van der Waals surface area contributed by atoms with E-state index in [4.69, 9.17) is 21.1 Å². The van der Waals surface area contributed by atoms with Gasteiger partial charge in [0.2, 0.25) is 0 Å². The molecule has 2 amide bonds. The zero-order valence-electron chi connectivity index (χ0n) is 18.3. The van der Waals surface area contributed by atoms with Crippen LogP contribution in [0.2, 0.25) is 5.02 Å². The maximum Gasteiger partial charge on any atom is 0.355 e. The molecule has 0 unspecified atom stereocenters. The van der Waals surface area contributed by atoms with E-state index in [1.165, 1.54) is 24.7 Å². The van der Waals surface area contributed by atoms with Crippen molar-refractivity contribution < 1.29 is 23.9 Å². The lowest BCUT2D eigenvalue weighted by Crippen LogP contribution is -2.32. The van der Waals surface area contributed by atoms with Crippen LogP contribution in [0.4, 0.5) is 5.69 Å². The van der Waals surface area contributed by atoms with Gasteiger partial charge >= 0.3 is 17.8 Å². The van der Waals surface area contributed by atoms with Crippen LogP contribution in [0.15, 0.2) is 77.9 Å². The Kier molecular flexibility index (Phi) is 7.39. The highest BCUT2D eigenvalue weighted by molar-refractivity contribution is 7.21. The smallest absolute Gasteiger partial charge is 0.355 e. The van der Waals surface area contributed by atoms with Crippen LogP contribution in [0.25, 0.3) is 10.1 Å². The number of thiophene rings is 1. The number of hydrogen-bond donors (Lipinski definition) is 2. The van der Waals surface area contributed by atoms with Gasteiger partial charge < -0.3 is 14.8 Å². The second kappa shape index (κ2) is 10.8. The normalized spacial score (nSPS) is 10.8. The van der Waals surface area contributed by atoms with E-state index in [9.17, 15) is 14.4 Å². The molecule has 8 nitrogen and oxygen atoms in total. The number of methoxy groups -OCH3 is 1.